The van der Waals surface area contributed by atoms with Gasteiger partial charge in [-0.1, -0.05) is 18.2 Å². The van der Waals surface area contributed by atoms with E-state index in [0.717, 1.165) is 3.97 Å². The number of aliphatic hydroxyl groups is 1. The fourth-order valence-corrected chi connectivity index (χ4v) is 3.38. The maximum atomic E-state index is 12.6. The molecule has 2 heterocycles. The third-order valence-corrected chi connectivity index (χ3v) is 5.15. The minimum Gasteiger partial charge on any atom is -0.392 e. The molecule has 0 radical (unpaired) electrons. The Balaban J connectivity index is 1.81. The molecule has 0 aliphatic carbocycles. The molecule has 2 aromatic heterocycles. The molecular weight excluding hydrogens is 342 g/mol. The van der Waals surface area contributed by atoms with Gasteiger partial charge in [-0.3, -0.25) is 9.78 Å². The lowest BCUT2D eigenvalue weighted by Crippen LogP contribution is -2.14. The zero-order valence-corrected chi connectivity index (χ0v) is 13.8. The van der Waals surface area contributed by atoms with Crippen LogP contribution in [0.15, 0.2) is 72.0 Å². The summed E-state index contributed by atoms with van der Waals surface area (Å²) in [7, 11) is -3.78. The molecule has 0 aliphatic rings. The van der Waals surface area contributed by atoms with Crippen molar-refractivity contribution in [1.82, 2.24) is 8.96 Å². The number of rotatable bonds is 5. The molecule has 0 saturated heterocycles. The van der Waals surface area contributed by atoms with Crippen molar-refractivity contribution in [3.05, 3.63) is 78.4 Å². The predicted octanol–water partition coefficient (Wildman–Crippen LogP) is 1.86. The van der Waals surface area contributed by atoms with Crippen LogP contribution in [-0.2, 0) is 16.6 Å². The van der Waals surface area contributed by atoms with Crippen molar-refractivity contribution in [3.8, 4) is 0 Å². The number of carbonyl (C=O) groups excluding carboxylic acids is 1. The molecule has 0 fully saturated rings. The molecule has 1 amide bonds. The van der Waals surface area contributed by atoms with E-state index >= 15 is 0 Å². The number of aliphatic hydroxyl groups excluding tert-OH is 1. The molecule has 128 valence electrons. The Hall–Kier alpha value is -2.97. The molecule has 7 nitrogen and oxygen atoms in total. The van der Waals surface area contributed by atoms with E-state index in [9.17, 15) is 13.2 Å². The summed E-state index contributed by atoms with van der Waals surface area (Å²) in [6.45, 7) is -0.159. The number of aromatic nitrogens is 2. The molecule has 3 rings (SSSR count). The first kappa shape index (κ1) is 16.9. The van der Waals surface area contributed by atoms with Gasteiger partial charge in [0.15, 0.2) is 0 Å². The van der Waals surface area contributed by atoms with E-state index in [1.807, 2.05) is 0 Å². The van der Waals surface area contributed by atoms with E-state index in [0.29, 0.717) is 11.3 Å². The van der Waals surface area contributed by atoms with Gasteiger partial charge in [-0.25, -0.2) is 12.4 Å². The van der Waals surface area contributed by atoms with Crippen molar-refractivity contribution in [1.29, 1.82) is 0 Å². The molecule has 1 aromatic carbocycles. The standard InChI is InChI=1S/C17H15N3O4S/c21-12-13-4-6-15(7-5-13)25(23,24)20-10-8-14(11-20)19-17(22)16-3-1-2-9-18-16/h1-11,21H,12H2,(H,19,22). The van der Waals surface area contributed by atoms with Crippen LogP contribution in [-0.4, -0.2) is 28.4 Å². The minimum atomic E-state index is -3.78. The van der Waals surface area contributed by atoms with Gasteiger partial charge in [-0.05, 0) is 35.9 Å². The molecule has 25 heavy (non-hydrogen) atoms. The molecule has 0 bridgehead atoms. The lowest BCUT2D eigenvalue weighted by molar-refractivity contribution is 0.102. The number of nitrogens with zero attached hydrogens (tertiary/aromatic N) is 2. The summed E-state index contributed by atoms with van der Waals surface area (Å²) in [5.41, 5.74) is 1.19. The Morgan fingerprint density at radius 1 is 1.12 bits per heavy atom. The molecule has 0 spiro atoms. The number of benzene rings is 1. The number of amides is 1. The highest BCUT2D eigenvalue weighted by molar-refractivity contribution is 7.90. The summed E-state index contributed by atoms with van der Waals surface area (Å²) < 4.78 is 26.2. The van der Waals surface area contributed by atoms with Gasteiger partial charge in [0.2, 0.25) is 0 Å². The van der Waals surface area contributed by atoms with Gasteiger partial charge in [0.25, 0.3) is 15.9 Å². The second kappa shape index (κ2) is 6.88. The highest BCUT2D eigenvalue weighted by atomic mass is 32.2. The normalized spacial score (nSPS) is 11.2. The second-order valence-corrected chi connectivity index (χ2v) is 7.05. The summed E-state index contributed by atoms with van der Waals surface area (Å²) in [6, 6.07) is 12.4. The summed E-state index contributed by atoms with van der Waals surface area (Å²) in [5, 5.41) is 11.6. The Bertz CT molecular complexity index is 980. The monoisotopic (exact) mass is 357 g/mol. The van der Waals surface area contributed by atoms with Crippen LogP contribution in [0, 0.1) is 0 Å². The van der Waals surface area contributed by atoms with Crippen LogP contribution in [0.25, 0.3) is 0 Å². The average Bonchev–Trinajstić information content (AvgIpc) is 3.12. The maximum Gasteiger partial charge on any atom is 0.274 e. The topological polar surface area (TPSA) is 101 Å². The fourth-order valence-electron chi connectivity index (χ4n) is 2.18. The third-order valence-electron chi connectivity index (χ3n) is 3.50. The van der Waals surface area contributed by atoms with Gasteiger partial charge in [0.05, 0.1) is 17.2 Å². The summed E-state index contributed by atoms with van der Waals surface area (Å²) >= 11 is 0. The maximum absolute atomic E-state index is 12.6. The van der Waals surface area contributed by atoms with Crippen molar-refractivity contribution < 1.29 is 18.3 Å². The molecule has 0 aliphatic heterocycles. The number of carbonyl (C=O) groups is 1. The van der Waals surface area contributed by atoms with E-state index < -0.39 is 15.9 Å². The van der Waals surface area contributed by atoms with Crippen molar-refractivity contribution in [2.24, 2.45) is 0 Å². The number of nitrogens with one attached hydrogen (secondary N) is 1. The van der Waals surface area contributed by atoms with E-state index in [1.165, 1.54) is 36.8 Å². The molecule has 0 saturated carbocycles. The van der Waals surface area contributed by atoms with Crippen molar-refractivity contribution >= 4 is 21.6 Å². The highest BCUT2D eigenvalue weighted by Gasteiger charge is 2.17. The first-order chi connectivity index (χ1) is 12.0. The number of anilines is 1. The lowest BCUT2D eigenvalue weighted by Gasteiger charge is -2.06. The molecular formula is C17H15N3O4S. The Morgan fingerprint density at radius 2 is 1.88 bits per heavy atom. The van der Waals surface area contributed by atoms with Crippen LogP contribution in [0.3, 0.4) is 0 Å². The van der Waals surface area contributed by atoms with Gasteiger partial charge in [-0.15, -0.1) is 0 Å². The molecule has 3 aromatic rings. The number of hydrogen-bond donors (Lipinski definition) is 2. The first-order valence-electron chi connectivity index (χ1n) is 7.36. The highest BCUT2D eigenvalue weighted by Crippen LogP contribution is 2.18. The Morgan fingerprint density at radius 3 is 2.52 bits per heavy atom. The van der Waals surface area contributed by atoms with Crippen LogP contribution < -0.4 is 5.32 Å². The quantitative estimate of drug-likeness (QED) is 0.726. The van der Waals surface area contributed by atoms with Crippen LogP contribution in [0.1, 0.15) is 16.1 Å². The van der Waals surface area contributed by atoms with Crippen LogP contribution in [0.5, 0.6) is 0 Å². The second-order valence-electron chi connectivity index (χ2n) is 5.21. The smallest absolute Gasteiger partial charge is 0.274 e. The van der Waals surface area contributed by atoms with Crippen LogP contribution in [0.2, 0.25) is 0 Å². The molecule has 2 N–H and O–H groups in total. The minimum absolute atomic E-state index is 0.0860. The Kier molecular flexibility index (Phi) is 4.64. The van der Waals surface area contributed by atoms with Crippen molar-refractivity contribution in [2.45, 2.75) is 11.5 Å². The van der Waals surface area contributed by atoms with E-state index in [4.69, 9.17) is 5.11 Å². The van der Waals surface area contributed by atoms with E-state index in [2.05, 4.69) is 10.3 Å². The van der Waals surface area contributed by atoms with Crippen LogP contribution >= 0.6 is 0 Å². The zero-order valence-electron chi connectivity index (χ0n) is 13.0. The van der Waals surface area contributed by atoms with E-state index in [-0.39, 0.29) is 17.2 Å². The zero-order chi connectivity index (χ0) is 17.9. The van der Waals surface area contributed by atoms with Crippen LogP contribution in [0.4, 0.5) is 5.69 Å². The average molecular weight is 357 g/mol. The van der Waals surface area contributed by atoms with Gasteiger partial charge in [-0.2, -0.15) is 0 Å². The molecule has 0 unspecified atom stereocenters. The SMILES string of the molecule is O=C(Nc1ccn(S(=O)(=O)c2ccc(CO)cc2)c1)c1ccccn1. The largest absolute Gasteiger partial charge is 0.392 e. The Labute approximate surface area is 144 Å². The molecule has 8 heteroatoms. The summed E-state index contributed by atoms with van der Waals surface area (Å²) in [6.07, 6.45) is 4.17. The summed E-state index contributed by atoms with van der Waals surface area (Å²) in [4.78, 5) is 16.1. The van der Waals surface area contributed by atoms with Gasteiger partial charge < -0.3 is 10.4 Å². The first-order valence-corrected chi connectivity index (χ1v) is 8.80. The van der Waals surface area contributed by atoms with Gasteiger partial charge in [0.1, 0.15) is 5.69 Å². The van der Waals surface area contributed by atoms with Gasteiger partial charge >= 0.3 is 0 Å². The lowest BCUT2D eigenvalue weighted by atomic mass is 10.2. The van der Waals surface area contributed by atoms with E-state index in [1.54, 1.807) is 30.3 Å². The fraction of sp³-hybridized carbons (Fsp3) is 0.0588. The number of hydrogen-bond acceptors (Lipinski definition) is 5. The van der Waals surface area contributed by atoms with Gasteiger partial charge in [0, 0.05) is 18.6 Å². The molecule has 0 atom stereocenters. The van der Waals surface area contributed by atoms with Crippen molar-refractivity contribution in [3.63, 3.8) is 0 Å². The number of pyridine rings is 1. The third kappa shape index (κ3) is 3.59. The predicted molar refractivity (Wildman–Crippen MR) is 91.6 cm³/mol. The summed E-state index contributed by atoms with van der Waals surface area (Å²) in [5.74, 6) is -0.428. The van der Waals surface area contributed by atoms with Crippen molar-refractivity contribution in [2.75, 3.05) is 5.32 Å².